The molecule has 20 heavy (non-hydrogen) atoms. The van der Waals surface area contributed by atoms with Gasteiger partial charge in [0.05, 0.1) is 21.9 Å². The molecule has 0 aliphatic rings. The summed E-state index contributed by atoms with van der Waals surface area (Å²) in [4.78, 5) is 4.32. The maximum Gasteiger partial charge on any atom is 0.433 e. The van der Waals surface area contributed by atoms with Gasteiger partial charge in [-0.15, -0.1) is 11.3 Å². The molecule has 0 bridgehead atoms. The van der Waals surface area contributed by atoms with Gasteiger partial charge in [0.1, 0.15) is 5.69 Å². The van der Waals surface area contributed by atoms with Crippen LogP contribution in [0.15, 0.2) is 24.4 Å². The van der Waals surface area contributed by atoms with Crippen molar-refractivity contribution >= 4 is 34.3 Å². The summed E-state index contributed by atoms with van der Waals surface area (Å²) in [6.07, 6.45) is -2.82. The number of hydrogen-bond acceptors (Lipinski definition) is 4. The Hall–Kier alpha value is -1.47. The zero-order valence-corrected chi connectivity index (χ0v) is 11.7. The fourth-order valence-electron chi connectivity index (χ4n) is 1.58. The number of pyridine rings is 1. The first-order chi connectivity index (χ1) is 9.36. The Labute approximate surface area is 122 Å². The number of nitrogens with zero attached hydrogens (tertiary/aromatic N) is 1. The van der Waals surface area contributed by atoms with Gasteiger partial charge in [-0.05, 0) is 24.6 Å². The number of thiophene rings is 1. The van der Waals surface area contributed by atoms with E-state index >= 15 is 0 Å². The number of aromatic nitrogens is 1. The molecule has 3 N–H and O–H groups in total. The van der Waals surface area contributed by atoms with Crippen molar-refractivity contribution in [2.24, 2.45) is 0 Å². The number of rotatable bonds is 4. The third kappa shape index (κ3) is 3.77. The van der Waals surface area contributed by atoms with Crippen LogP contribution in [0.3, 0.4) is 0 Å². The molecule has 0 saturated heterocycles. The van der Waals surface area contributed by atoms with Gasteiger partial charge in [0, 0.05) is 11.4 Å². The highest BCUT2D eigenvalue weighted by Crippen LogP contribution is 2.31. The maximum absolute atomic E-state index is 12.5. The molecule has 0 unspecified atom stereocenters. The lowest BCUT2D eigenvalue weighted by atomic mass is 10.2. The van der Waals surface area contributed by atoms with Gasteiger partial charge in [-0.2, -0.15) is 13.2 Å². The molecule has 0 atom stereocenters. The number of hydrogen-bond donors (Lipinski definition) is 2. The minimum Gasteiger partial charge on any atom is -0.396 e. The molecule has 2 heterocycles. The van der Waals surface area contributed by atoms with Crippen LogP contribution in [0.2, 0.25) is 4.34 Å². The summed E-state index contributed by atoms with van der Waals surface area (Å²) < 4.78 is 38.3. The average Bonchev–Trinajstić information content (AvgIpc) is 2.76. The van der Waals surface area contributed by atoms with Gasteiger partial charge in [-0.25, -0.2) is 4.98 Å². The zero-order valence-electron chi connectivity index (χ0n) is 10.2. The van der Waals surface area contributed by atoms with Gasteiger partial charge in [-0.3, -0.25) is 0 Å². The minimum absolute atomic E-state index is 0.183. The van der Waals surface area contributed by atoms with Crippen LogP contribution in [0.4, 0.5) is 24.5 Å². The van der Waals surface area contributed by atoms with Crippen molar-refractivity contribution in [3.05, 3.63) is 39.3 Å². The predicted molar refractivity (Wildman–Crippen MR) is 75.2 cm³/mol. The maximum atomic E-state index is 12.5. The number of nitrogens with two attached hydrogens (primary N) is 1. The van der Waals surface area contributed by atoms with Gasteiger partial charge < -0.3 is 11.1 Å². The van der Waals surface area contributed by atoms with E-state index in [1.807, 2.05) is 6.07 Å². The molecule has 0 aliphatic heterocycles. The summed E-state index contributed by atoms with van der Waals surface area (Å²) in [6, 6.07) is 4.58. The van der Waals surface area contributed by atoms with Crippen LogP contribution in [0.25, 0.3) is 0 Å². The lowest BCUT2D eigenvalue weighted by Gasteiger charge is -2.11. The molecular weight excluding hydrogens is 311 g/mol. The van der Waals surface area contributed by atoms with Crippen molar-refractivity contribution in [2.45, 2.75) is 12.6 Å². The molecule has 3 nitrogen and oxygen atoms in total. The molecule has 0 aromatic carbocycles. The summed E-state index contributed by atoms with van der Waals surface area (Å²) in [5.74, 6) is 0. The highest BCUT2D eigenvalue weighted by Gasteiger charge is 2.32. The summed E-state index contributed by atoms with van der Waals surface area (Å²) in [6.45, 7) is 0.461. The molecule has 0 fully saturated rings. The summed E-state index contributed by atoms with van der Waals surface area (Å²) in [7, 11) is 0. The van der Waals surface area contributed by atoms with Gasteiger partial charge in [-0.1, -0.05) is 11.6 Å². The molecule has 0 amide bonds. The van der Waals surface area contributed by atoms with Gasteiger partial charge in [0.15, 0.2) is 0 Å². The van der Waals surface area contributed by atoms with E-state index in [0.717, 1.165) is 17.1 Å². The first-order valence-corrected chi connectivity index (χ1v) is 6.86. The Morgan fingerprint density at radius 2 is 2.10 bits per heavy atom. The fraction of sp³-hybridized carbons (Fsp3) is 0.250. The van der Waals surface area contributed by atoms with E-state index in [-0.39, 0.29) is 11.4 Å². The molecule has 108 valence electrons. The van der Waals surface area contributed by atoms with Crippen molar-refractivity contribution < 1.29 is 13.2 Å². The Bertz CT molecular complexity index is 598. The van der Waals surface area contributed by atoms with Crippen molar-refractivity contribution in [3.63, 3.8) is 0 Å². The van der Waals surface area contributed by atoms with Crippen molar-refractivity contribution in [2.75, 3.05) is 17.6 Å². The molecule has 0 spiro atoms. The highest BCUT2D eigenvalue weighted by atomic mass is 35.5. The van der Waals surface area contributed by atoms with E-state index in [1.54, 1.807) is 6.07 Å². The van der Waals surface area contributed by atoms with Crippen LogP contribution in [0.1, 0.15) is 10.6 Å². The third-order valence-corrected chi connectivity index (χ3v) is 3.83. The molecule has 0 aliphatic carbocycles. The fourth-order valence-corrected chi connectivity index (χ4v) is 2.67. The van der Waals surface area contributed by atoms with Crippen LogP contribution in [-0.2, 0) is 12.6 Å². The van der Waals surface area contributed by atoms with Crippen LogP contribution >= 0.6 is 22.9 Å². The number of nitrogens with one attached hydrogen (secondary N) is 1. The van der Waals surface area contributed by atoms with E-state index in [0.29, 0.717) is 17.3 Å². The second-order valence-electron chi connectivity index (χ2n) is 4.04. The molecule has 0 radical (unpaired) electrons. The van der Waals surface area contributed by atoms with Crippen LogP contribution in [0.5, 0.6) is 0 Å². The van der Waals surface area contributed by atoms with Crippen molar-refractivity contribution in [3.8, 4) is 0 Å². The molecule has 0 saturated carbocycles. The number of alkyl halides is 3. The van der Waals surface area contributed by atoms with E-state index < -0.39 is 11.9 Å². The van der Waals surface area contributed by atoms with E-state index in [2.05, 4.69) is 10.3 Å². The first kappa shape index (κ1) is 14.9. The summed E-state index contributed by atoms with van der Waals surface area (Å²) >= 11 is 7.23. The molecule has 2 rings (SSSR count). The van der Waals surface area contributed by atoms with Gasteiger partial charge in [0.2, 0.25) is 0 Å². The van der Waals surface area contributed by atoms with E-state index in [4.69, 9.17) is 17.3 Å². The van der Waals surface area contributed by atoms with E-state index in [1.165, 1.54) is 11.3 Å². The zero-order chi connectivity index (χ0) is 14.8. The van der Waals surface area contributed by atoms with Crippen LogP contribution in [0, 0.1) is 0 Å². The molecular formula is C12H11ClF3N3S. The van der Waals surface area contributed by atoms with Gasteiger partial charge >= 0.3 is 6.18 Å². The SMILES string of the molecule is Nc1cnc(C(F)(F)F)cc1NCCc1ccc(Cl)s1. The summed E-state index contributed by atoms with van der Waals surface area (Å²) in [5.41, 5.74) is 5.06. The Morgan fingerprint density at radius 3 is 2.70 bits per heavy atom. The molecule has 2 aromatic heterocycles. The Morgan fingerprint density at radius 1 is 1.35 bits per heavy atom. The standard InChI is InChI=1S/C12H11ClF3N3S/c13-11-2-1-7(20-11)3-4-18-9-5-10(12(14,15)16)19-6-8(9)17/h1-2,5-6H,3-4,17H2,(H,18,19). The lowest BCUT2D eigenvalue weighted by Crippen LogP contribution is -2.12. The minimum atomic E-state index is -4.48. The second-order valence-corrected chi connectivity index (χ2v) is 5.84. The normalized spacial score (nSPS) is 11.6. The van der Waals surface area contributed by atoms with Crippen LogP contribution in [-0.4, -0.2) is 11.5 Å². The Balaban J connectivity index is 2.02. The van der Waals surface area contributed by atoms with Crippen molar-refractivity contribution in [1.29, 1.82) is 0 Å². The van der Waals surface area contributed by atoms with Gasteiger partial charge in [0.25, 0.3) is 0 Å². The lowest BCUT2D eigenvalue weighted by molar-refractivity contribution is -0.141. The molecule has 8 heteroatoms. The van der Waals surface area contributed by atoms with Crippen molar-refractivity contribution in [1.82, 2.24) is 4.98 Å². The number of nitrogen functional groups attached to an aromatic ring is 1. The number of anilines is 2. The first-order valence-electron chi connectivity index (χ1n) is 5.67. The highest BCUT2D eigenvalue weighted by molar-refractivity contribution is 7.16. The van der Waals surface area contributed by atoms with E-state index in [9.17, 15) is 13.2 Å². The third-order valence-electron chi connectivity index (χ3n) is 2.54. The largest absolute Gasteiger partial charge is 0.433 e. The average molecular weight is 322 g/mol. The smallest absolute Gasteiger partial charge is 0.396 e. The second kappa shape index (κ2) is 5.88. The Kier molecular flexibility index (Phi) is 4.39. The molecule has 2 aromatic rings. The predicted octanol–water partition coefficient (Wildman–Crippen LogP) is 4.05. The van der Waals surface area contributed by atoms with Crippen LogP contribution < -0.4 is 11.1 Å². The quantitative estimate of drug-likeness (QED) is 0.893. The summed E-state index contributed by atoms with van der Waals surface area (Å²) in [5, 5.41) is 2.88. The topological polar surface area (TPSA) is 50.9 Å². The number of halogens is 4. The monoisotopic (exact) mass is 321 g/mol.